The summed E-state index contributed by atoms with van der Waals surface area (Å²) in [5.74, 6) is 0. The van der Waals surface area contributed by atoms with Crippen LogP contribution < -0.4 is 0 Å². The molecule has 0 aromatic heterocycles. The maximum Gasteiger partial charge on any atom is 0.416 e. The lowest BCUT2D eigenvalue weighted by Gasteiger charge is -2.44. The zero-order valence-corrected chi connectivity index (χ0v) is 16.2. The van der Waals surface area contributed by atoms with Gasteiger partial charge in [0, 0.05) is 31.7 Å². The Balaban J connectivity index is 1.87. The topological polar surface area (TPSA) is 26.7 Å². The maximum atomic E-state index is 13.0. The van der Waals surface area contributed by atoms with Crippen LogP contribution in [-0.2, 0) is 12.6 Å². The van der Waals surface area contributed by atoms with Crippen molar-refractivity contribution in [1.29, 1.82) is 0 Å². The largest absolute Gasteiger partial charge is 0.437 e. The summed E-state index contributed by atoms with van der Waals surface area (Å²) >= 11 is 0. The number of piperazine rings is 1. The van der Waals surface area contributed by atoms with E-state index in [1.807, 2.05) is 35.1 Å². The Morgan fingerprint density at radius 1 is 1.07 bits per heavy atom. The van der Waals surface area contributed by atoms with Crippen LogP contribution in [0.3, 0.4) is 0 Å². The van der Waals surface area contributed by atoms with E-state index in [1.54, 1.807) is 19.0 Å². The summed E-state index contributed by atoms with van der Waals surface area (Å²) in [6.45, 7) is 6.08. The lowest BCUT2D eigenvalue weighted by molar-refractivity contribution is -0.137. The van der Waals surface area contributed by atoms with Crippen LogP contribution in [0.5, 0.6) is 0 Å². The van der Waals surface area contributed by atoms with Crippen molar-refractivity contribution in [2.75, 3.05) is 19.6 Å². The van der Waals surface area contributed by atoms with E-state index in [4.69, 9.17) is 0 Å². The normalized spacial score (nSPS) is 20.1. The average Bonchev–Trinajstić information content (AvgIpc) is 2.66. The van der Waals surface area contributed by atoms with Crippen LogP contribution in [0.4, 0.5) is 13.2 Å². The van der Waals surface area contributed by atoms with Crippen LogP contribution >= 0.6 is 0 Å². The van der Waals surface area contributed by atoms with Crippen molar-refractivity contribution in [3.8, 4) is 0 Å². The molecule has 0 spiro atoms. The zero-order chi connectivity index (χ0) is 20.3. The predicted molar refractivity (Wildman–Crippen MR) is 106 cm³/mol. The van der Waals surface area contributed by atoms with Crippen LogP contribution in [0.15, 0.2) is 54.6 Å². The zero-order valence-electron chi connectivity index (χ0n) is 16.2. The monoisotopic (exact) mass is 390 g/mol. The van der Waals surface area contributed by atoms with Gasteiger partial charge < -0.3 is 9.83 Å². The Hall–Kier alpha value is -1.83. The average molecular weight is 390 g/mol. The van der Waals surface area contributed by atoms with Gasteiger partial charge in [0.15, 0.2) is 0 Å². The van der Waals surface area contributed by atoms with E-state index in [9.17, 15) is 18.2 Å². The summed E-state index contributed by atoms with van der Waals surface area (Å²) in [7, 11) is -0.497. The van der Waals surface area contributed by atoms with Gasteiger partial charge in [-0.3, -0.25) is 4.90 Å². The number of benzene rings is 2. The van der Waals surface area contributed by atoms with Gasteiger partial charge in [-0.1, -0.05) is 42.5 Å². The highest BCUT2D eigenvalue weighted by molar-refractivity contribution is 6.45. The summed E-state index contributed by atoms with van der Waals surface area (Å²) in [4.78, 5) is 4.36. The minimum atomic E-state index is -4.33. The molecular formula is C21H26BF3N2O. The first-order valence-corrected chi connectivity index (χ1v) is 9.64. The molecule has 2 unspecified atom stereocenters. The predicted octanol–water partition coefficient (Wildman–Crippen LogP) is 4.11. The molecule has 28 heavy (non-hydrogen) atoms. The highest BCUT2D eigenvalue weighted by Gasteiger charge is 2.34. The van der Waals surface area contributed by atoms with Gasteiger partial charge in [-0.25, -0.2) is 0 Å². The molecule has 0 aliphatic carbocycles. The van der Waals surface area contributed by atoms with E-state index in [0.717, 1.165) is 37.2 Å². The van der Waals surface area contributed by atoms with Gasteiger partial charge in [-0.05, 0) is 43.4 Å². The SMILES string of the molecule is CB(O)N1CCN(C(Cc2ccccc2)c2ccc(C(F)(F)F)cc2)C(C)C1. The number of rotatable bonds is 5. The maximum absolute atomic E-state index is 13.0. The third kappa shape index (κ3) is 4.96. The molecule has 1 aliphatic heterocycles. The van der Waals surface area contributed by atoms with Gasteiger partial charge in [0.1, 0.15) is 0 Å². The highest BCUT2D eigenvalue weighted by atomic mass is 19.4. The van der Waals surface area contributed by atoms with Crippen molar-refractivity contribution in [1.82, 2.24) is 9.71 Å². The molecule has 0 saturated carbocycles. The second-order valence-corrected chi connectivity index (χ2v) is 7.54. The molecular weight excluding hydrogens is 364 g/mol. The number of hydrogen-bond acceptors (Lipinski definition) is 3. The van der Waals surface area contributed by atoms with E-state index >= 15 is 0 Å². The summed E-state index contributed by atoms with van der Waals surface area (Å²) in [5.41, 5.74) is 1.41. The molecule has 0 amide bonds. The van der Waals surface area contributed by atoms with Crippen LogP contribution in [0, 0.1) is 0 Å². The van der Waals surface area contributed by atoms with Crippen LogP contribution in [0.1, 0.15) is 29.7 Å². The fraction of sp³-hybridized carbons (Fsp3) is 0.429. The van der Waals surface area contributed by atoms with Crippen molar-refractivity contribution >= 4 is 7.05 Å². The Labute approximate surface area is 164 Å². The number of alkyl halides is 3. The van der Waals surface area contributed by atoms with Crippen molar-refractivity contribution < 1.29 is 18.2 Å². The van der Waals surface area contributed by atoms with E-state index in [1.165, 1.54) is 12.1 Å². The van der Waals surface area contributed by atoms with Crippen molar-refractivity contribution in [3.05, 3.63) is 71.3 Å². The first-order chi connectivity index (χ1) is 13.3. The second kappa shape index (κ2) is 8.68. The van der Waals surface area contributed by atoms with Gasteiger partial charge >= 0.3 is 13.2 Å². The number of hydrogen-bond donors (Lipinski definition) is 1. The molecule has 7 heteroatoms. The Kier molecular flexibility index (Phi) is 6.48. The molecule has 2 aromatic rings. The number of halogens is 3. The first kappa shape index (κ1) is 20.9. The standard InChI is InChI=1S/C21H26BF3N2O/c1-16-15-26(22(2)28)12-13-27(16)20(14-17-6-4-3-5-7-17)18-8-10-19(11-9-18)21(23,24)25/h3-11,16,20,28H,12-15H2,1-2H3. The molecule has 1 saturated heterocycles. The molecule has 1 heterocycles. The van der Waals surface area contributed by atoms with E-state index in [0.29, 0.717) is 0 Å². The molecule has 2 atom stereocenters. The summed E-state index contributed by atoms with van der Waals surface area (Å²) in [5, 5.41) is 9.88. The third-order valence-electron chi connectivity index (χ3n) is 5.53. The fourth-order valence-electron chi connectivity index (χ4n) is 3.96. The molecule has 1 N–H and O–H groups in total. The molecule has 1 aliphatic rings. The molecule has 3 nitrogen and oxygen atoms in total. The van der Waals surface area contributed by atoms with Crippen LogP contribution in [-0.4, -0.2) is 47.5 Å². The summed E-state index contributed by atoms with van der Waals surface area (Å²) < 4.78 is 38.9. The smallest absolute Gasteiger partial charge is 0.416 e. The van der Waals surface area contributed by atoms with Crippen molar-refractivity contribution in [3.63, 3.8) is 0 Å². The molecule has 0 radical (unpaired) electrons. The van der Waals surface area contributed by atoms with Gasteiger partial charge in [0.25, 0.3) is 0 Å². The summed E-state index contributed by atoms with van der Waals surface area (Å²) in [6.07, 6.45) is -3.60. The molecule has 2 aromatic carbocycles. The highest BCUT2D eigenvalue weighted by Crippen LogP contribution is 2.33. The minimum absolute atomic E-state index is 0.0177. The second-order valence-electron chi connectivity index (χ2n) is 7.54. The van der Waals surface area contributed by atoms with Gasteiger partial charge in [0.05, 0.1) is 5.56 Å². The van der Waals surface area contributed by atoms with Crippen molar-refractivity contribution in [2.24, 2.45) is 0 Å². The van der Waals surface area contributed by atoms with Gasteiger partial charge in [-0.2, -0.15) is 13.2 Å². The Bertz CT molecular complexity index is 752. The molecule has 3 rings (SSSR count). The Morgan fingerprint density at radius 3 is 2.25 bits per heavy atom. The van der Waals surface area contributed by atoms with Crippen LogP contribution in [0.2, 0.25) is 6.82 Å². The third-order valence-corrected chi connectivity index (χ3v) is 5.53. The lowest BCUT2D eigenvalue weighted by atomic mass is 9.83. The van der Waals surface area contributed by atoms with E-state index in [2.05, 4.69) is 11.8 Å². The molecule has 150 valence electrons. The van der Waals surface area contributed by atoms with E-state index in [-0.39, 0.29) is 12.1 Å². The lowest BCUT2D eigenvalue weighted by Crippen LogP contribution is -2.56. The quantitative estimate of drug-likeness (QED) is 0.779. The van der Waals surface area contributed by atoms with E-state index < -0.39 is 18.8 Å². The molecule has 0 bridgehead atoms. The minimum Gasteiger partial charge on any atom is -0.437 e. The fourth-order valence-corrected chi connectivity index (χ4v) is 3.96. The first-order valence-electron chi connectivity index (χ1n) is 9.64. The Morgan fingerprint density at radius 2 is 1.71 bits per heavy atom. The van der Waals surface area contributed by atoms with Gasteiger partial charge in [-0.15, -0.1) is 0 Å². The number of nitrogens with zero attached hydrogens (tertiary/aromatic N) is 2. The molecule has 1 fully saturated rings. The van der Waals surface area contributed by atoms with Gasteiger partial charge in [0.2, 0.25) is 0 Å². The summed E-state index contributed by atoms with van der Waals surface area (Å²) in [6, 6.07) is 15.7. The van der Waals surface area contributed by atoms with Crippen molar-refractivity contribution in [2.45, 2.75) is 38.4 Å². The van der Waals surface area contributed by atoms with Crippen LogP contribution in [0.25, 0.3) is 0 Å².